The molecule has 0 fully saturated rings. The van der Waals surface area contributed by atoms with Crippen LogP contribution >= 0.6 is 0 Å². The molecule has 0 bridgehead atoms. The Labute approximate surface area is 50.8 Å². The van der Waals surface area contributed by atoms with E-state index in [-0.39, 0.29) is 36.6 Å². The van der Waals surface area contributed by atoms with Crippen LogP contribution in [0.1, 0.15) is 0 Å². The molecule has 0 aliphatic heterocycles. The summed E-state index contributed by atoms with van der Waals surface area (Å²) in [4.78, 5) is 0. The van der Waals surface area contributed by atoms with E-state index in [4.69, 9.17) is 0 Å². The van der Waals surface area contributed by atoms with E-state index in [0.717, 1.165) is 0 Å². The highest BCUT2D eigenvalue weighted by Crippen LogP contribution is 0.469. The summed E-state index contributed by atoms with van der Waals surface area (Å²) < 4.78 is 0. The standard InChI is InChI=1S/CH5N.B.6FH/c1-2;;;;;;;/h2H2,1H3;;6*1H. The van der Waals surface area contributed by atoms with Crippen LogP contribution in [0, 0.1) is 0 Å². The Kier molecular flexibility index (Phi) is 321000. The summed E-state index contributed by atoms with van der Waals surface area (Å²) in [5, 5.41) is 0. The quantitative estimate of drug-likeness (QED) is 0.397. The lowest BCUT2D eigenvalue weighted by atomic mass is 10.8. The van der Waals surface area contributed by atoms with Gasteiger partial charge in [0.05, 0.1) is 0 Å². The molecule has 0 aliphatic carbocycles. The van der Waals surface area contributed by atoms with Crippen molar-refractivity contribution in [1.82, 2.24) is 0 Å². The van der Waals surface area contributed by atoms with Gasteiger partial charge in [-0.15, -0.1) is 0 Å². The molecule has 0 spiro atoms. The molecule has 0 aromatic heterocycles. The van der Waals surface area contributed by atoms with Crippen LogP contribution in [0.3, 0.4) is 0 Å². The van der Waals surface area contributed by atoms with Crippen LogP contribution < -0.4 is 5.73 Å². The molecule has 0 amide bonds. The van der Waals surface area contributed by atoms with Gasteiger partial charge in [0.25, 0.3) is 0 Å². The predicted molar refractivity (Wildman–Crippen MR) is 30.9 cm³/mol. The Morgan fingerprint density at radius 2 is 0.556 bits per heavy atom. The highest BCUT2D eigenvalue weighted by atomic mass is 19.0. The van der Waals surface area contributed by atoms with Crippen LogP contribution in [-0.4, -0.2) is 15.5 Å². The van der Waals surface area contributed by atoms with Gasteiger partial charge in [-0.3, -0.25) is 28.2 Å². The van der Waals surface area contributed by atoms with Gasteiger partial charge in [0, 0.05) is 8.41 Å². The molecule has 3 radical (unpaired) electrons. The van der Waals surface area contributed by atoms with E-state index in [1.165, 1.54) is 7.05 Å². The van der Waals surface area contributed by atoms with Crippen molar-refractivity contribution >= 4 is 8.41 Å². The van der Waals surface area contributed by atoms with Crippen LogP contribution in [0.5, 0.6) is 0 Å². The van der Waals surface area contributed by atoms with Gasteiger partial charge in [-0.2, -0.15) is 0 Å². The second kappa shape index (κ2) is 2130. The lowest BCUT2D eigenvalue weighted by Crippen LogP contribution is -1.69. The third-order valence-corrected chi connectivity index (χ3v) is 0. The molecule has 0 saturated heterocycles. The zero-order valence-corrected chi connectivity index (χ0v) is 4.60. The first-order valence-electron chi connectivity index (χ1n) is 0.577. The molecule has 0 aliphatic rings. The first kappa shape index (κ1) is 1360. The fraction of sp³-hybridized carbons (Fsp3) is 1.00. The Bertz CT molecular complexity index is 13.0. The Balaban J connectivity index is -0.000000000238. The van der Waals surface area contributed by atoms with Crippen LogP contribution in [-0.2, 0) is 0 Å². The molecule has 0 saturated carbocycles. The van der Waals surface area contributed by atoms with E-state index in [9.17, 15) is 0 Å². The zero-order valence-electron chi connectivity index (χ0n) is 4.60. The van der Waals surface area contributed by atoms with E-state index >= 15 is 0 Å². The maximum absolute atomic E-state index is 4.50. The lowest BCUT2D eigenvalue weighted by molar-refractivity contribution is 1.11. The summed E-state index contributed by atoms with van der Waals surface area (Å²) in [7, 11) is 1.50. The average Bonchev–Trinajstić information content (AvgIpc) is 1.00. The summed E-state index contributed by atoms with van der Waals surface area (Å²) in [6.07, 6.45) is 0. The number of rotatable bonds is 0. The number of hydrogen-bond acceptors (Lipinski definition) is 1. The fourth-order valence-electron chi connectivity index (χ4n) is 0. The molecule has 0 aromatic carbocycles. The van der Waals surface area contributed by atoms with Crippen LogP contribution in [0.2, 0.25) is 0 Å². The molecule has 0 atom stereocenters. The minimum absolute atomic E-state index is 0. The highest BCUT2D eigenvalue weighted by molar-refractivity contribution is 5.75. The molecule has 0 rings (SSSR count). The van der Waals surface area contributed by atoms with Gasteiger partial charge in [0.2, 0.25) is 0 Å². The van der Waals surface area contributed by atoms with Gasteiger partial charge < -0.3 is 5.73 Å². The van der Waals surface area contributed by atoms with E-state index in [2.05, 4.69) is 5.73 Å². The second-order valence-electron chi connectivity index (χ2n) is 0. The summed E-state index contributed by atoms with van der Waals surface area (Å²) >= 11 is 0. The van der Waals surface area contributed by atoms with Crippen molar-refractivity contribution in [1.29, 1.82) is 0 Å². The predicted octanol–water partition coefficient (Wildman–Crippen LogP) is 0.109. The van der Waals surface area contributed by atoms with Gasteiger partial charge in [0.15, 0.2) is 0 Å². The van der Waals surface area contributed by atoms with Gasteiger partial charge in [-0.05, 0) is 7.05 Å². The van der Waals surface area contributed by atoms with E-state index in [0.29, 0.717) is 0 Å². The SMILES string of the molecule is CN.F.F.F.F.F.F.[B]. The van der Waals surface area contributed by atoms with E-state index < -0.39 is 0 Å². The van der Waals surface area contributed by atoms with Crippen molar-refractivity contribution in [3.05, 3.63) is 0 Å². The van der Waals surface area contributed by atoms with Gasteiger partial charge >= 0.3 is 0 Å². The molecular formula is CH11BF6N. The molecule has 0 unspecified atom stereocenters. The molecule has 1 nitrogen and oxygen atoms in total. The van der Waals surface area contributed by atoms with Crippen molar-refractivity contribution in [2.45, 2.75) is 0 Å². The summed E-state index contributed by atoms with van der Waals surface area (Å²) in [5.41, 5.74) is 4.50. The first-order valence-corrected chi connectivity index (χ1v) is 0.577. The normalized spacial score (nSPS) is 0.667. The number of nitrogens with two attached hydrogens (primary N) is 1. The molecule has 2 N–H and O–H groups in total. The van der Waals surface area contributed by atoms with E-state index in [1.807, 2.05) is 0 Å². The minimum Gasteiger partial charge on any atom is -0.333 e. The second-order valence-corrected chi connectivity index (χ2v) is 0. The highest BCUT2D eigenvalue weighted by Gasteiger charge is 0.836. The molecule has 0 heterocycles. The minimum atomic E-state index is 0. The van der Waals surface area contributed by atoms with Crippen molar-refractivity contribution in [3.63, 3.8) is 0 Å². The van der Waals surface area contributed by atoms with Crippen molar-refractivity contribution in [3.8, 4) is 0 Å². The largest absolute Gasteiger partial charge is 0.333 e. The fourth-order valence-corrected chi connectivity index (χ4v) is 0. The van der Waals surface area contributed by atoms with Crippen LogP contribution in [0.15, 0.2) is 0 Å². The number of hydrogen-bond donors (Lipinski definition) is 1. The van der Waals surface area contributed by atoms with Crippen LogP contribution in [0.4, 0.5) is 28.2 Å². The molecular weight excluding hydrogens is 151 g/mol. The maximum atomic E-state index is 4.50. The smallest absolute Gasteiger partial charge is 0 e. The Hall–Kier alpha value is -0.395. The maximum Gasteiger partial charge on any atom is 0 e. The third-order valence-electron chi connectivity index (χ3n) is 0. The lowest BCUT2D eigenvalue weighted by Gasteiger charge is -1.19. The van der Waals surface area contributed by atoms with Crippen molar-refractivity contribution < 1.29 is 28.2 Å². The van der Waals surface area contributed by atoms with Crippen molar-refractivity contribution in [2.24, 2.45) is 5.73 Å². The number of halogens is 6. The van der Waals surface area contributed by atoms with E-state index in [1.54, 1.807) is 0 Å². The molecule has 0 aromatic rings. The Morgan fingerprint density at radius 3 is 0.556 bits per heavy atom. The van der Waals surface area contributed by atoms with Gasteiger partial charge in [-0.25, -0.2) is 0 Å². The van der Waals surface area contributed by atoms with Crippen molar-refractivity contribution in [2.75, 3.05) is 7.05 Å². The first-order chi connectivity index (χ1) is 1.00. The van der Waals surface area contributed by atoms with Gasteiger partial charge in [0.1, 0.15) is 0 Å². The molecule has 8 heteroatoms. The Morgan fingerprint density at radius 1 is 0.556 bits per heavy atom. The van der Waals surface area contributed by atoms with Gasteiger partial charge in [-0.1, -0.05) is 0 Å². The average molecular weight is 162 g/mol. The topological polar surface area (TPSA) is 26.0 Å². The zero-order chi connectivity index (χ0) is 2.00. The summed E-state index contributed by atoms with van der Waals surface area (Å²) in [6.45, 7) is 0. The van der Waals surface area contributed by atoms with Crippen LogP contribution in [0.25, 0.3) is 0 Å². The molecule has 65 valence electrons. The summed E-state index contributed by atoms with van der Waals surface area (Å²) in [5.74, 6) is 0. The molecule has 9 heavy (non-hydrogen) atoms. The summed E-state index contributed by atoms with van der Waals surface area (Å²) in [6, 6.07) is 0. The monoisotopic (exact) mass is 162 g/mol. The third kappa shape index (κ3) is 1530.